The summed E-state index contributed by atoms with van der Waals surface area (Å²) in [6.45, 7) is 2.05. The van der Waals surface area contributed by atoms with E-state index in [1.165, 1.54) is 0 Å². The molecule has 0 bridgehead atoms. The van der Waals surface area contributed by atoms with E-state index < -0.39 is 0 Å². The molecule has 2 nitrogen and oxygen atoms in total. The van der Waals surface area contributed by atoms with Gasteiger partial charge in [-0.15, -0.1) is 12.4 Å². The molecule has 0 amide bonds. The van der Waals surface area contributed by atoms with Crippen LogP contribution in [0.15, 0.2) is 16.6 Å². The van der Waals surface area contributed by atoms with Crippen LogP contribution in [0.1, 0.15) is 31.4 Å². The number of benzene rings is 1. The Labute approximate surface area is 109 Å². The van der Waals surface area contributed by atoms with Gasteiger partial charge in [0.2, 0.25) is 0 Å². The zero-order valence-corrected chi connectivity index (χ0v) is 11.5. The van der Waals surface area contributed by atoms with Crippen molar-refractivity contribution in [3.63, 3.8) is 0 Å². The van der Waals surface area contributed by atoms with Crippen LogP contribution in [0.5, 0.6) is 5.75 Å². The van der Waals surface area contributed by atoms with E-state index in [0.29, 0.717) is 15.1 Å². The van der Waals surface area contributed by atoms with E-state index in [-0.39, 0.29) is 24.2 Å². The van der Waals surface area contributed by atoms with E-state index in [1.807, 2.05) is 0 Å². The standard InChI is InChI=1S/C10H13BrClNO.ClH/c1-2-3-9(13)7-4-6(12)5-8(11)10(7)14;/h4-5,9,14H,2-3,13H2,1H3;1H/t9-;/m0./s1. The Bertz CT molecular complexity index is 333. The van der Waals surface area contributed by atoms with Crippen LogP contribution in [0.2, 0.25) is 5.02 Å². The second kappa shape index (κ2) is 6.59. The van der Waals surface area contributed by atoms with E-state index in [2.05, 4.69) is 22.9 Å². The Hall–Kier alpha value is 0.0400. The Morgan fingerprint density at radius 3 is 2.67 bits per heavy atom. The van der Waals surface area contributed by atoms with Crippen molar-refractivity contribution in [2.45, 2.75) is 25.8 Å². The van der Waals surface area contributed by atoms with Crippen molar-refractivity contribution in [3.05, 3.63) is 27.2 Å². The summed E-state index contributed by atoms with van der Waals surface area (Å²) < 4.78 is 0.589. The van der Waals surface area contributed by atoms with Gasteiger partial charge in [0, 0.05) is 16.6 Å². The number of nitrogens with two attached hydrogens (primary N) is 1. The third kappa shape index (κ3) is 3.83. The SMILES string of the molecule is CCC[C@H](N)c1cc(Cl)cc(Br)c1O.Cl. The number of rotatable bonds is 3. The van der Waals surface area contributed by atoms with Crippen LogP contribution in [0.25, 0.3) is 0 Å². The number of hydrogen-bond donors (Lipinski definition) is 2. The van der Waals surface area contributed by atoms with E-state index >= 15 is 0 Å². The van der Waals surface area contributed by atoms with Gasteiger partial charge in [-0.25, -0.2) is 0 Å². The molecule has 5 heteroatoms. The fourth-order valence-corrected chi connectivity index (χ4v) is 2.17. The molecule has 1 rings (SSSR count). The van der Waals surface area contributed by atoms with Gasteiger partial charge in [0.1, 0.15) is 5.75 Å². The average molecular weight is 315 g/mol. The maximum Gasteiger partial charge on any atom is 0.134 e. The van der Waals surface area contributed by atoms with Crippen molar-refractivity contribution in [1.29, 1.82) is 0 Å². The minimum absolute atomic E-state index is 0. The molecule has 1 atom stereocenters. The van der Waals surface area contributed by atoms with E-state index in [4.69, 9.17) is 17.3 Å². The van der Waals surface area contributed by atoms with Gasteiger partial charge in [-0.1, -0.05) is 24.9 Å². The van der Waals surface area contributed by atoms with Crippen molar-refractivity contribution in [3.8, 4) is 5.75 Å². The average Bonchev–Trinajstić information content (AvgIpc) is 2.11. The van der Waals surface area contributed by atoms with E-state index in [9.17, 15) is 5.11 Å². The highest BCUT2D eigenvalue weighted by Crippen LogP contribution is 2.35. The summed E-state index contributed by atoms with van der Waals surface area (Å²) in [5.41, 5.74) is 6.60. The molecule has 1 aromatic rings. The lowest BCUT2D eigenvalue weighted by atomic mass is 10.0. The maximum absolute atomic E-state index is 9.73. The lowest BCUT2D eigenvalue weighted by molar-refractivity contribution is 0.454. The summed E-state index contributed by atoms with van der Waals surface area (Å²) in [5, 5.41) is 10.3. The minimum atomic E-state index is -0.157. The summed E-state index contributed by atoms with van der Waals surface area (Å²) >= 11 is 9.10. The fraction of sp³-hybridized carbons (Fsp3) is 0.400. The predicted octanol–water partition coefficient (Wildman–Crippen LogP) is 4.03. The summed E-state index contributed by atoms with van der Waals surface area (Å²) in [6, 6.07) is 3.20. The highest BCUT2D eigenvalue weighted by molar-refractivity contribution is 9.10. The molecular weight excluding hydrogens is 301 g/mol. The number of phenolic OH excluding ortho intramolecular Hbond substituents is 1. The highest BCUT2D eigenvalue weighted by atomic mass is 79.9. The lowest BCUT2D eigenvalue weighted by Gasteiger charge is -2.14. The number of halogens is 3. The van der Waals surface area contributed by atoms with E-state index in [1.54, 1.807) is 12.1 Å². The normalized spacial score (nSPS) is 12.0. The third-order valence-electron chi connectivity index (χ3n) is 2.06. The molecule has 0 aliphatic heterocycles. The maximum atomic E-state index is 9.73. The second-order valence-electron chi connectivity index (χ2n) is 3.22. The zero-order chi connectivity index (χ0) is 10.7. The molecule has 15 heavy (non-hydrogen) atoms. The number of hydrogen-bond acceptors (Lipinski definition) is 2. The molecule has 0 radical (unpaired) electrons. The summed E-state index contributed by atoms with van der Waals surface area (Å²) in [7, 11) is 0. The van der Waals surface area contributed by atoms with Gasteiger partial charge in [0.25, 0.3) is 0 Å². The van der Waals surface area contributed by atoms with Crippen LogP contribution < -0.4 is 5.73 Å². The molecule has 0 spiro atoms. The van der Waals surface area contributed by atoms with Crippen LogP contribution in [-0.2, 0) is 0 Å². The Balaban J connectivity index is 0.00000196. The molecule has 1 aromatic carbocycles. The van der Waals surface area contributed by atoms with Gasteiger partial charge in [-0.3, -0.25) is 0 Å². The smallest absolute Gasteiger partial charge is 0.134 e. The van der Waals surface area contributed by atoms with Crippen LogP contribution >= 0.6 is 39.9 Å². The van der Waals surface area contributed by atoms with Crippen LogP contribution in [0, 0.1) is 0 Å². The van der Waals surface area contributed by atoms with Gasteiger partial charge >= 0.3 is 0 Å². The Morgan fingerprint density at radius 1 is 1.53 bits per heavy atom. The summed E-state index contributed by atoms with van der Waals surface area (Å²) in [4.78, 5) is 0. The topological polar surface area (TPSA) is 46.2 Å². The molecule has 0 saturated carbocycles. The molecule has 0 heterocycles. The predicted molar refractivity (Wildman–Crippen MR) is 69.9 cm³/mol. The monoisotopic (exact) mass is 313 g/mol. The van der Waals surface area contributed by atoms with Gasteiger partial charge in [0.05, 0.1) is 4.47 Å². The van der Waals surface area contributed by atoms with Crippen molar-refractivity contribution >= 4 is 39.9 Å². The lowest BCUT2D eigenvalue weighted by Crippen LogP contribution is -2.10. The Morgan fingerprint density at radius 2 is 2.13 bits per heavy atom. The van der Waals surface area contributed by atoms with Crippen molar-refractivity contribution in [2.75, 3.05) is 0 Å². The summed E-state index contributed by atoms with van der Waals surface area (Å²) in [6.07, 6.45) is 1.81. The molecule has 86 valence electrons. The molecule has 3 N–H and O–H groups in total. The quantitative estimate of drug-likeness (QED) is 0.884. The van der Waals surface area contributed by atoms with Gasteiger partial charge in [0.15, 0.2) is 0 Å². The van der Waals surface area contributed by atoms with Crippen molar-refractivity contribution < 1.29 is 5.11 Å². The van der Waals surface area contributed by atoms with Crippen molar-refractivity contribution in [2.24, 2.45) is 5.73 Å². The van der Waals surface area contributed by atoms with Crippen LogP contribution in [0.3, 0.4) is 0 Å². The molecule has 0 aromatic heterocycles. The first-order valence-corrected chi connectivity index (χ1v) is 5.66. The fourth-order valence-electron chi connectivity index (χ4n) is 1.34. The second-order valence-corrected chi connectivity index (χ2v) is 4.51. The van der Waals surface area contributed by atoms with Gasteiger partial charge in [-0.05, 0) is 34.5 Å². The molecule has 0 aliphatic carbocycles. The van der Waals surface area contributed by atoms with E-state index in [0.717, 1.165) is 12.8 Å². The molecular formula is C10H14BrCl2NO. The largest absolute Gasteiger partial charge is 0.506 e. The van der Waals surface area contributed by atoms with Crippen LogP contribution in [-0.4, -0.2) is 5.11 Å². The first kappa shape index (κ1) is 15.0. The van der Waals surface area contributed by atoms with Gasteiger partial charge < -0.3 is 10.8 Å². The third-order valence-corrected chi connectivity index (χ3v) is 2.88. The zero-order valence-electron chi connectivity index (χ0n) is 8.34. The number of phenols is 1. The first-order valence-electron chi connectivity index (χ1n) is 4.49. The first-order chi connectivity index (χ1) is 6.56. The molecule has 0 fully saturated rings. The van der Waals surface area contributed by atoms with Gasteiger partial charge in [-0.2, -0.15) is 0 Å². The van der Waals surface area contributed by atoms with Crippen molar-refractivity contribution in [1.82, 2.24) is 0 Å². The molecule has 0 saturated heterocycles. The van der Waals surface area contributed by atoms with Crippen LogP contribution in [0.4, 0.5) is 0 Å². The Kier molecular flexibility index (Phi) is 6.60. The number of aromatic hydroxyl groups is 1. The molecule has 0 unspecified atom stereocenters. The molecule has 0 aliphatic rings. The minimum Gasteiger partial charge on any atom is -0.506 e. The summed E-state index contributed by atoms with van der Waals surface area (Å²) in [5.74, 6) is 0.190. The highest BCUT2D eigenvalue weighted by Gasteiger charge is 2.13.